The molecule has 1 aliphatic rings. The Labute approximate surface area is 210 Å². The molecule has 2 heteroatoms. The zero-order valence-electron chi connectivity index (χ0n) is 23.3. The van der Waals surface area contributed by atoms with Gasteiger partial charge in [-0.05, 0) is 25.7 Å². The Hall–Kier alpha value is -0.660. The first-order chi connectivity index (χ1) is 16.3. The van der Waals surface area contributed by atoms with Gasteiger partial charge in [-0.2, -0.15) is 0 Å². The number of hydrogen-bond acceptors (Lipinski definition) is 2. The van der Waals surface area contributed by atoms with Crippen molar-refractivity contribution in [3.8, 4) is 0 Å². The molecule has 1 heterocycles. The average molecular weight is 463 g/mol. The van der Waals surface area contributed by atoms with E-state index >= 15 is 0 Å². The van der Waals surface area contributed by atoms with Crippen LogP contribution in [0.25, 0.3) is 0 Å². The van der Waals surface area contributed by atoms with E-state index in [4.69, 9.17) is 0 Å². The fourth-order valence-electron chi connectivity index (χ4n) is 5.30. The summed E-state index contributed by atoms with van der Waals surface area (Å²) in [6.45, 7) is 9.46. The molecule has 0 aromatic rings. The lowest BCUT2D eigenvalue weighted by molar-refractivity contribution is 0.135. The van der Waals surface area contributed by atoms with Gasteiger partial charge in [-0.3, -0.25) is 0 Å². The summed E-state index contributed by atoms with van der Waals surface area (Å²) in [5, 5.41) is 0. The molecular formula is C31H62N2. The molecule has 0 saturated carbocycles. The summed E-state index contributed by atoms with van der Waals surface area (Å²) in [6.07, 6.45) is 38.0. The first-order valence-corrected chi connectivity index (χ1v) is 15.5. The van der Waals surface area contributed by atoms with Gasteiger partial charge in [0, 0.05) is 25.5 Å². The molecule has 0 spiro atoms. The van der Waals surface area contributed by atoms with Crippen LogP contribution in [0.1, 0.15) is 168 Å². The molecule has 0 bridgehead atoms. The van der Waals surface area contributed by atoms with E-state index < -0.39 is 0 Å². The summed E-state index contributed by atoms with van der Waals surface area (Å²) >= 11 is 0. The summed E-state index contributed by atoms with van der Waals surface area (Å²) in [6, 6.07) is 0. The topological polar surface area (TPSA) is 6.48 Å². The van der Waals surface area contributed by atoms with Crippen molar-refractivity contribution in [2.45, 2.75) is 175 Å². The molecule has 0 N–H and O–H groups in total. The summed E-state index contributed by atoms with van der Waals surface area (Å²) < 4.78 is 0. The molecule has 1 rings (SSSR count). The summed E-state index contributed by atoms with van der Waals surface area (Å²) in [5.74, 6) is 0. The van der Waals surface area contributed by atoms with Crippen LogP contribution in [0.4, 0.5) is 0 Å². The van der Waals surface area contributed by atoms with E-state index in [0.29, 0.717) is 6.17 Å². The van der Waals surface area contributed by atoms with Crippen molar-refractivity contribution in [2.75, 3.05) is 13.1 Å². The first kappa shape index (κ1) is 30.4. The van der Waals surface area contributed by atoms with Crippen LogP contribution in [0.15, 0.2) is 12.4 Å². The molecule has 196 valence electrons. The van der Waals surface area contributed by atoms with Crippen molar-refractivity contribution in [3.63, 3.8) is 0 Å². The molecule has 1 unspecified atom stereocenters. The highest BCUT2D eigenvalue weighted by atomic mass is 15.4. The maximum Gasteiger partial charge on any atom is 0.101 e. The minimum atomic E-state index is 0.644. The molecule has 1 aliphatic heterocycles. The van der Waals surface area contributed by atoms with Gasteiger partial charge in [0.1, 0.15) is 6.17 Å². The van der Waals surface area contributed by atoms with E-state index in [0.717, 1.165) is 0 Å². The third-order valence-corrected chi connectivity index (χ3v) is 7.57. The quantitative estimate of drug-likeness (QED) is 0.124. The van der Waals surface area contributed by atoms with Crippen molar-refractivity contribution < 1.29 is 0 Å². The second-order valence-electron chi connectivity index (χ2n) is 10.8. The van der Waals surface area contributed by atoms with Gasteiger partial charge in [0.05, 0.1) is 0 Å². The van der Waals surface area contributed by atoms with Gasteiger partial charge in [-0.1, -0.05) is 143 Å². The van der Waals surface area contributed by atoms with E-state index in [-0.39, 0.29) is 0 Å². The van der Waals surface area contributed by atoms with E-state index in [1.165, 1.54) is 161 Å². The zero-order valence-corrected chi connectivity index (χ0v) is 23.3. The lowest BCUT2D eigenvalue weighted by Crippen LogP contribution is -2.39. The highest BCUT2D eigenvalue weighted by molar-refractivity contribution is 4.97. The predicted molar refractivity (Wildman–Crippen MR) is 150 cm³/mol. The Bertz CT molecular complexity index is 419. The van der Waals surface area contributed by atoms with Crippen LogP contribution in [0.3, 0.4) is 0 Å². The number of rotatable bonds is 25. The van der Waals surface area contributed by atoms with Crippen LogP contribution < -0.4 is 0 Å². The van der Waals surface area contributed by atoms with Crippen molar-refractivity contribution in [1.82, 2.24) is 9.80 Å². The SMILES string of the molecule is CCCCCCCCCCCN1C=CN(CCCCCCCC)C1CCCCCCCCC. The first-order valence-electron chi connectivity index (χ1n) is 15.5. The minimum absolute atomic E-state index is 0.644. The van der Waals surface area contributed by atoms with Gasteiger partial charge in [0.2, 0.25) is 0 Å². The van der Waals surface area contributed by atoms with Gasteiger partial charge in [0.25, 0.3) is 0 Å². The molecule has 0 aromatic heterocycles. The van der Waals surface area contributed by atoms with Crippen LogP contribution in [-0.4, -0.2) is 29.1 Å². The van der Waals surface area contributed by atoms with Crippen molar-refractivity contribution >= 4 is 0 Å². The molecule has 0 aromatic carbocycles. The van der Waals surface area contributed by atoms with Gasteiger partial charge >= 0.3 is 0 Å². The van der Waals surface area contributed by atoms with Crippen molar-refractivity contribution in [1.29, 1.82) is 0 Å². The van der Waals surface area contributed by atoms with Crippen LogP contribution >= 0.6 is 0 Å². The zero-order chi connectivity index (χ0) is 23.8. The molecule has 0 amide bonds. The normalized spacial score (nSPS) is 15.8. The molecule has 33 heavy (non-hydrogen) atoms. The van der Waals surface area contributed by atoms with Gasteiger partial charge in [-0.25, -0.2) is 0 Å². The molecule has 1 atom stereocenters. The van der Waals surface area contributed by atoms with Crippen LogP contribution in [-0.2, 0) is 0 Å². The van der Waals surface area contributed by atoms with Gasteiger partial charge < -0.3 is 9.80 Å². The van der Waals surface area contributed by atoms with Crippen molar-refractivity contribution in [2.24, 2.45) is 0 Å². The van der Waals surface area contributed by atoms with E-state index in [1.54, 1.807) is 0 Å². The third kappa shape index (κ3) is 16.6. The second-order valence-corrected chi connectivity index (χ2v) is 10.8. The van der Waals surface area contributed by atoms with Crippen LogP contribution in [0.5, 0.6) is 0 Å². The molecule has 2 nitrogen and oxygen atoms in total. The fraction of sp³-hybridized carbons (Fsp3) is 0.935. The predicted octanol–water partition coefficient (Wildman–Crippen LogP) is 10.4. The Kier molecular flexibility index (Phi) is 21.3. The second kappa shape index (κ2) is 23.1. The standard InChI is InChI=1S/C31H62N2/c1-4-7-10-13-16-17-19-22-25-28-33-30-29-32(27-24-21-15-12-9-6-3)31(33)26-23-20-18-14-11-8-5-2/h29-31H,4-28H2,1-3H3. The Morgan fingerprint density at radius 2 is 0.697 bits per heavy atom. The molecule has 0 radical (unpaired) electrons. The lowest BCUT2D eigenvalue weighted by atomic mass is 10.1. The Morgan fingerprint density at radius 3 is 1.06 bits per heavy atom. The van der Waals surface area contributed by atoms with Crippen molar-refractivity contribution in [3.05, 3.63) is 12.4 Å². The fourth-order valence-corrected chi connectivity index (χ4v) is 5.30. The highest BCUT2D eigenvalue weighted by Gasteiger charge is 2.24. The summed E-state index contributed by atoms with van der Waals surface area (Å²) in [5.41, 5.74) is 0. The monoisotopic (exact) mass is 462 g/mol. The Morgan fingerprint density at radius 1 is 0.394 bits per heavy atom. The van der Waals surface area contributed by atoms with Crippen LogP contribution in [0, 0.1) is 0 Å². The summed E-state index contributed by atoms with van der Waals surface area (Å²) in [7, 11) is 0. The summed E-state index contributed by atoms with van der Waals surface area (Å²) in [4.78, 5) is 5.38. The minimum Gasteiger partial charge on any atom is -0.356 e. The average Bonchev–Trinajstić information content (AvgIpc) is 3.21. The van der Waals surface area contributed by atoms with Gasteiger partial charge in [-0.15, -0.1) is 0 Å². The van der Waals surface area contributed by atoms with Crippen LogP contribution in [0.2, 0.25) is 0 Å². The maximum absolute atomic E-state index is 2.69. The third-order valence-electron chi connectivity index (χ3n) is 7.57. The molecule has 0 fully saturated rings. The molecule has 0 aliphatic carbocycles. The van der Waals surface area contributed by atoms with Gasteiger partial charge in [0.15, 0.2) is 0 Å². The van der Waals surface area contributed by atoms with E-state index in [2.05, 4.69) is 43.0 Å². The highest BCUT2D eigenvalue weighted by Crippen LogP contribution is 2.24. The largest absolute Gasteiger partial charge is 0.356 e. The lowest BCUT2D eigenvalue weighted by Gasteiger charge is -2.33. The van der Waals surface area contributed by atoms with E-state index in [1.807, 2.05) is 0 Å². The maximum atomic E-state index is 2.69. The molecule has 0 saturated heterocycles. The van der Waals surface area contributed by atoms with E-state index in [9.17, 15) is 0 Å². The number of nitrogens with zero attached hydrogens (tertiary/aromatic N) is 2. The number of hydrogen-bond donors (Lipinski definition) is 0. The Balaban J connectivity index is 2.26. The molecular weight excluding hydrogens is 400 g/mol. The number of unbranched alkanes of at least 4 members (excludes halogenated alkanes) is 19. The smallest absolute Gasteiger partial charge is 0.101 e.